The lowest BCUT2D eigenvalue weighted by atomic mass is 10.3. The van der Waals surface area contributed by atoms with Gasteiger partial charge in [0.15, 0.2) is 5.16 Å². The van der Waals surface area contributed by atoms with Gasteiger partial charge >= 0.3 is 0 Å². The fraction of sp³-hybridized carbons (Fsp3) is 0.273. The average molecular weight is 254 g/mol. The van der Waals surface area contributed by atoms with E-state index in [0.717, 1.165) is 16.6 Å². The zero-order chi connectivity index (χ0) is 11.4. The Morgan fingerprint density at radius 3 is 2.94 bits per heavy atom. The first kappa shape index (κ1) is 11.5. The summed E-state index contributed by atoms with van der Waals surface area (Å²) in [7, 11) is 1.98. The average Bonchev–Trinajstić information content (AvgIpc) is 2.69. The van der Waals surface area contributed by atoms with Crippen LogP contribution in [0.5, 0.6) is 0 Å². The maximum atomic E-state index is 5.78. The summed E-state index contributed by atoms with van der Waals surface area (Å²) >= 11 is 7.47. The lowest BCUT2D eigenvalue weighted by molar-refractivity contribution is 0.761. The van der Waals surface area contributed by atoms with Crippen LogP contribution in [0, 0.1) is 0 Å². The molecule has 0 unspecified atom stereocenters. The van der Waals surface area contributed by atoms with Crippen LogP contribution in [-0.2, 0) is 18.7 Å². The molecule has 0 aliphatic rings. The standard InChI is InChI=1S/C11H12ClN3S/c1-15-10(5-12)7-14-11(15)16-8-9-3-2-4-13-6-9/h2-4,6-7H,5,8H2,1H3. The lowest BCUT2D eigenvalue weighted by Crippen LogP contribution is -1.95. The van der Waals surface area contributed by atoms with E-state index in [1.54, 1.807) is 18.0 Å². The summed E-state index contributed by atoms with van der Waals surface area (Å²) in [6, 6.07) is 4.00. The number of halogens is 1. The molecule has 0 saturated carbocycles. The highest BCUT2D eigenvalue weighted by atomic mass is 35.5. The summed E-state index contributed by atoms with van der Waals surface area (Å²) in [5, 5.41) is 0.986. The van der Waals surface area contributed by atoms with E-state index in [0.29, 0.717) is 5.88 Å². The van der Waals surface area contributed by atoms with Crippen LogP contribution in [0.1, 0.15) is 11.3 Å². The fourth-order valence-corrected chi connectivity index (χ4v) is 2.47. The van der Waals surface area contributed by atoms with Gasteiger partial charge in [0.25, 0.3) is 0 Å². The second-order valence-corrected chi connectivity index (χ2v) is 4.58. The van der Waals surface area contributed by atoms with Gasteiger partial charge in [-0.1, -0.05) is 17.8 Å². The molecule has 2 rings (SSSR count). The molecule has 2 aromatic heterocycles. The Hall–Kier alpha value is -1.00. The van der Waals surface area contributed by atoms with E-state index in [9.17, 15) is 0 Å². The number of pyridine rings is 1. The van der Waals surface area contributed by atoms with Gasteiger partial charge in [-0.25, -0.2) is 4.98 Å². The smallest absolute Gasteiger partial charge is 0.168 e. The quantitative estimate of drug-likeness (QED) is 0.620. The number of hydrogen-bond donors (Lipinski definition) is 0. The molecule has 0 N–H and O–H groups in total. The van der Waals surface area contributed by atoms with Gasteiger partial charge in [0.2, 0.25) is 0 Å². The van der Waals surface area contributed by atoms with Gasteiger partial charge < -0.3 is 4.57 Å². The second-order valence-electron chi connectivity index (χ2n) is 3.37. The second kappa shape index (κ2) is 5.37. The summed E-state index contributed by atoms with van der Waals surface area (Å²) in [6.45, 7) is 0. The molecule has 5 heteroatoms. The molecule has 0 bridgehead atoms. The Balaban J connectivity index is 2.02. The zero-order valence-corrected chi connectivity index (χ0v) is 10.5. The van der Waals surface area contributed by atoms with Crippen molar-refractivity contribution in [3.63, 3.8) is 0 Å². The van der Waals surface area contributed by atoms with Crippen molar-refractivity contribution in [3.8, 4) is 0 Å². The molecule has 2 heterocycles. The first-order valence-corrected chi connectivity index (χ1v) is 6.41. The maximum Gasteiger partial charge on any atom is 0.168 e. The fourth-order valence-electron chi connectivity index (χ4n) is 1.32. The number of aromatic nitrogens is 3. The van der Waals surface area contributed by atoms with Crippen molar-refractivity contribution < 1.29 is 0 Å². The predicted octanol–water partition coefficient (Wildman–Crippen LogP) is 2.85. The van der Waals surface area contributed by atoms with Gasteiger partial charge in [-0.15, -0.1) is 11.6 Å². The van der Waals surface area contributed by atoms with Crippen LogP contribution in [0.2, 0.25) is 0 Å². The minimum Gasteiger partial charge on any atom is -0.325 e. The van der Waals surface area contributed by atoms with Crippen molar-refractivity contribution in [1.29, 1.82) is 0 Å². The topological polar surface area (TPSA) is 30.7 Å². The van der Waals surface area contributed by atoms with Gasteiger partial charge in [0.05, 0.1) is 17.8 Å². The Morgan fingerprint density at radius 1 is 1.44 bits per heavy atom. The minimum absolute atomic E-state index is 0.497. The van der Waals surface area contributed by atoms with E-state index in [1.807, 2.05) is 30.1 Å². The van der Waals surface area contributed by atoms with Crippen molar-refractivity contribution in [2.45, 2.75) is 16.8 Å². The number of alkyl halides is 1. The van der Waals surface area contributed by atoms with Gasteiger partial charge in [-0.3, -0.25) is 4.98 Å². The highest BCUT2D eigenvalue weighted by Gasteiger charge is 2.06. The Labute approximate surface area is 104 Å². The highest BCUT2D eigenvalue weighted by Crippen LogP contribution is 2.21. The van der Waals surface area contributed by atoms with Crippen LogP contribution in [0.25, 0.3) is 0 Å². The number of thioether (sulfide) groups is 1. The zero-order valence-electron chi connectivity index (χ0n) is 8.93. The van der Waals surface area contributed by atoms with Crippen LogP contribution in [0.3, 0.4) is 0 Å². The van der Waals surface area contributed by atoms with E-state index >= 15 is 0 Å². The van der Waals surface area contributed by atoms with Crippen LogP contribution >= 0.6 is 23.4 Å². The SMILES string of the molecule is Cn1c(CCl)cnc1SCc1cccnc1. The van der Waals surface area contributed by atoms with E-state index in [2.05, 4.69) is 16.0 Å². The molecule has 0 saturated heterocycles. The molecule has 3 nitrogen and oxygen atoms in total. The third-order valence-electron chi connectivity index (χ3n) is 2.27. The summed E-state index contributed by atoms with van der Waals surface area (Å²) in [5.74, 6) is 1.37. The molecule has 0 aromatic carbocycles. The van der Waals surface area contributed by atoms with Gasteiger partial charge in [0, 0.05) is 25.2 Å². The van der Waals surface area contributed by atoms with Crippen molar-refractivity contribution in [2.24, 2.45) is 7.05 Å². The van der Waals surface area contributed by atoms with Crippen LogP contribution in [0.4, 0.5) is 0 Å². The molecular formula is C11H12ClN3S. The number of hydrogen-bond acceptors (Lipinski definition) is 3. The van der Waals surface area contributed by atoms with Crippen molar-refractivity contribution in [3.05, 3.63) is 42.0 Å². The lowest BCUT2D eigenvalue weighted by Gasteiger charge is -2.03. The Kier molecular flexibility index (Phi) is 3.85. The molecule has 0 atom stereocenters. The molecule has 0 aliphatic heterocycles. The largest absolute Gasteiger partial charge is 0.325 e. The third kappa shape index (κ3) is 2.57. The molecule has 0 fully saturated rings. The third-order valence-corrected chi connectivity index (χ3v) is 3.66. The van der Waals surface area contributed by atoms with Crippen molar-refractivity contribution in [2.75, 3.05) is 0 Å². The predicted molar refractivity (Wildman–Crippen MR) is 66.6 cm³/mol. The molecule has 0 aliphatic carbocycles. The van der Waals surface area contributed by atoms with E-state index in [-0.39, 0.29) is 0 Å². The van der Waals surface area contributed by atoms with E-state index in [1.165, 1.54) is 5.56 Å². The Morgan fingerprint density at radius 2 is 2.31 bits per heavy atom. The van der Waals surface area contributed by atoms with Gasteiger partial charge in [-0.2, -0.15) is 0 Å². The molecule has 2 aromatic rings. The first-order chi connectivity index (χ1) is 7.81. The minimum atomic E-state index is 0.497. The van der Waals surface area contributed by atoms with Crippen LogP contribution in [0.15, 0.2) is 35.9 Å². The maximum absolute atomic E-state index is 5.78. The first-order valence-electron chi connectivity index (χ1n) is 4.89. The monoisotopic (exact) mass is 253 g/mol. The summed E-state index contributed by atoms with van der Waals surface area (Å²) in [5.41, 5.74) is 2.23. The Bertz CT molecular complexity index is 456. The number of imidazole rings is 1. The van der Waals surface area contributed by atoms with Crippen LogP contribution in [-0.4, -0.2) is 14.5 Å². The van der Waals surface area contributed by atoms with Crippen molar-refractivity contribution in [1.82, 2.24) is 14.5 Å². The summed E-state index contributed by atoms with van der Waals surface area (Å²) in [4.78, 5) is 8.40. The molecule has 0 spiro atoms. The number of nitrogens with zero attached hydrogens (tertiary/aromatic N) is 3. The number of rotatable bonds is 4. The van der Waals surface area contributed by atoms with E-state index < -0.39 is 0 Å². The highest BCUT2D eigenvalue weighted by molar-refractivity contribution is 7.98. The molecular weight excluding hydrogens is 242 g/mol. The van der Waals surface area contributed by atoms with Crippen molar-refractivity contribution >= 4 is 23.4 Å². The molecule has 0 amide bonds. The van der Waals surface area contributed by atoms with Crippen LogP contribution < -0.4 is 0 Å². The van der Waals surface area contributed by atoms with Gasteiger partial charge in [0.1, 0.15) is 0 Å². The molecule has 84 valence electrons. The van der Waals surface area contributed by atoms with E-state index in [4.69, 9.17) is 11.6 Å². The summed E-state index contributed by atoms with van der Waals surface area (Å²) < 4.78 is 2.02. The summed E-state index contributed by atoms with van der Waals surface area (Å²) in [6.07, 6.45) is 5.47. The normalized spacial score (nSPS) is 10.6. The molecule has 16 heavy (non-hydrogen) atoms. The van der Waals surface area contributed by atoms with Gasteiger partial charge in [-0.05, 0) is 11.6 Å². The molecule has 0 radical (unpaired) electrons.